The number of urea groups is 1. The van der Waals surface area contributed by atoms with Crippen molar-refractivity contribution in [2.24, 2.45) is 0 Å². The quantitative estimate of drug-likeness (QED) is 0.0652. The topological polar surface area (TPSA) is 218 Å². The van der Waals surface area contributed by atoms with Crippen molar-refractivity contribution < 1.29 is 55.2 Å². The first-order chi connectivity index (χ1) is 27.9. The predicted molar refractivity (Wildman–Crippen MR) is 223 cm³/mol. The molecule has 314 valence electrons. The number of hydrogen-bond acceptors (Lipinski definition) is 13. The summed E-state index contributed by atoms with van der Waals surface area (Å²) >= 11 is 0. The number of anilines is 4. The van der Waals surface area contributed by atoms with Crippen LogP contribution in [0.3, 0.4) is 0 Å². The van der Waals surface area contributed by atoms with Crippen LogP contribution in [-0.2, 0) is 39.4 Å². The van der Waals surface area contributed by atoms with Crippen LogP contribution in [0.2, 0.25) is 0 Å². The second-order valence-electron chi connectivity index (χ2n) is 14.2. The number of methoxy groups -OCH3 is 2. The van der Waals surface area contributed by atoms with Crippen molar-refractivity contribution in [2.45, 2.75) is 36.0 Å². The third kappa shape index (κ3) is 11.8. The summed E-state index contributed by atoms with van der Waals surface area (Å²) in [6.07, 6.45) is 2.61. The lowest BCUT2D eigenvalue weighted by Crippen LogP contribution is -2.22. The molecule has 2 amide bonds. The SMILES string of the molecule is COc1cc(Nc2cc(Oc3ccc(NC(=O)Nc4cc(C(C)(C)C)cc(S(C)(=O)=O)c4OC)c4ccccc34)ccn2)cc(S(=O)(=O)CCOCCOCC(=O)O)c1. The number of rotatable bonds is 18. The standard InChI is InChI=1S/C41H46N4O12S2/c1-41(2,3)26-19-34(39(54-5)36(20-26)58(6,49)50)45-40(48)44-33-11-12-35(32-10-8-7-9-31(32)33)57-28-13-14-42-37(24-28)43-27-21-29(53-4)23-30(22-27)59(51,52)18-17-55-15-16-56-25-38(46)47/h7-14,19-24H,15-18,25H2,1-6H3,(H,42,43)(H,46,47)(H2,44,45,48). The molecule has 0 atom stereocenters. The first kappa shape index (κ1) is 44.2. The number of sulfone groups is 2. The summed E-state index contributed by atoms with van der Waals surface area (Å²) in [5.41, 5.74) is 1.29. The van der Waals surface area contributed by atoms with Gasteiger partial charge in [0.05, 0.1) is 56.1 Å². The first-order valence-electron chi connectivity index (χ1n) is 18.1. The van der Waals surface area contributed by atoms with Gasteiger partial charge in [-0.15, -0.1) is 0 Å². The fourth-order valence-electron chi connectivity index (χ4n) is 5.78. The van der Waals surface area contributed by atoms with Crippen LogP contribution in [0.5, 0.6) is 23.0 Å². The van der Waals surface area contributed by atoms with E-state index in [1.165, 1.54) is 32.5 Å². The van der Waals surface area contributed by atoms with Gasteiger partial charge in [0.15, 0.2) is 25.4 Å². The number of ether oxygens (including phenoxy) is 5. The maximum absolute atomic E-state index is 13.5. The molecule has 5 rings (SSSR count). The number of fused-ring (bicyclic) bond motifs is 1. The van der Waals surface area contributed by atoms with E-state index in [4.69, 9.17) is 28.8 Å². The van der Waals surface area contributed by atoms with E-state index < -0.39 is 43.7 Å². The first-order valence-corrected chi connectivity index (χ1v) is 21.6. The lowest BCUT2D eigenvalue weighted by molar-refractivity contribution is -0.142. The van der Waals surface area contributed by atoms with Crippen LogP contribution >= 0.6 is 0 Å². The Labute approximate surface area is 342 Å². The Hall–Kier alpha value is -5.95. The molecule has 0 saturated carbocycles. The summed E-state index contributed by atoms with van der Waals surface area (Å²) in [5, 5.41) is 18.7. The molecule has 5 aromatic rings. The molecule has 1 aromatic heterocycles. The van der Waals surface area contributed by atoms with E-state index in [2.05, 4.69) is 20.9 Å². The molecule has 0 bridgehead atoms. The minimum atomic E-state index is -3.81. The molecule has 16 nitrogen and oxygen atoms in total. The molecule has 4 N–H and O–H groups in total. The summed E-state index contributed by atoms with van der Waals surface area (Å²) in [5.74, 6) is 0.0683. The molecule has 0 aliphatic rings. The van der Waals surface area contributed by atoms with Gasteiger partial charge in [-0.3, -0.25) is 0 Å². The van der Waals surface area contributed by atoms with Crippen molar-refractivity contribution in [3.63, 3.8) is 0 Å². The number of carbonyl (C=O) groups excluding carboxylic acids is 1. The summed E-state index contributed by atoms with van der Waals surface area (Å²) in [4.78, 5) is 28.3. The summed E-state index contributed by atoms with van der Waals surface area (Å²) in [6, 6.07) is 21.0. The highest BCUT2D eigenvalue weighted by molar-refractivity contribution is 7.91. The number of carboxylic acids is 1. The maximum atomic E-state index is 13.5. The van der Waals surface area contributed by atoms with E-state index in [0.717, 1.165) is 6.26 Å². The number of aliphatic carboxylic acids is 1. The maximum Gasteiger partial charge on any atom is 0.329 e. The zero-order valence-electron chi connectivity index (χ0n) is 33.3. The van der Waals surface area contributed by atoms with E-state index in [1.807, 2.05) is 45.0 Å². The number of nitrogens with zero attached hydrogens (tertiary/aromatic N) is 1. The Morgan fingerprint density at radius 1 is 0.780 bits per heavy atom. The lowest BCUT2D eigenvalue weighted by Gasteiger charge is -2.23. The predicted octanol–water partition coefficient (Wildman–Crippen LogP) is 7.02. The molecule has 0 aliphatic carbocycles. The van der Waals surface area contributed by atoms with Gasteiger partial charge in [0.2, 0.25) is 0 Å². The molecule has 1 heterocycles. The largest absolute Gasteiger partial charge is 0.497 e. The number of hydrogen-bond donors (Lipinski definition) is 4. The van der Waals surface area contributed by atoms with Gasteiger partial charge in [0, 0.05) is 41.0 Å². The number of pyridine rings is 1. The lowest BCUT2D eigenvalue weighted by atomic mass is 9.86. The van der Waals surface area contributed by atoms with Crippen molar-refractivity contribution >= 4 is 65.3 Å². The fraction of sp³-hybridized carbons (Fsp3) is 0.293. The molecular formula is C41H46N4O12S2. The van der Waals surface area contributed by atoms with Gasteiger partial charge in [0.25, 0.3) is 0 Å². The molecule has 0 unspecified atom stereocenters. The molecular weight excluding hydrogens is 805 g/mol. The van der Waals surface area contributed by atoms with Gasteiger partial charge < -0.3 is 44.7 Å². The Morgan fingerprint density at radius 2 is 1.49 bits per heavy atom. The minimum Gasteiger partial charge on any atom is -0.497 e. The normalized spacial score (nSPS) is 11.8. The smallest absolute Gasteiger partial charge is 0.329 e. The summed E-state index contributed by atoms with van der Waals surface area (Å²) in [6.45, 7) is 5.25. The van der Waals surface area contributed by atoms with Crippen molar-refractivity contribution in [3.8, 4) is 23.0 Å². The van der Waals surface area contributed by atoms with E-state index in [1.54, 1.807) is 42.5 Å². The Kier molecular flexibility index (Phi) is 14.0. The highest BCUT2D eigenvalue weighted by Gasteiger charge is 2.25. The Bertz CT molecular complexity index is 2560. The second kappa shape index (κ2) is 18.8. The minimum absolute atomic E-state index is 0.00939. The van der Waals surface area contributed by atoms with Gasteiger partial charge in [0.1, 0.15) is 34.6 Å². The van der Waals surface area contributed by atoms with Crippen LogP contribution in [0.1, 0.15) is 26.3 Å². The van der Waals surface area contributed by atoms with Gasteiger partial charge in [-0.05, 0) is 53.4 Å². The van der Waals surface area contributed by atoms with E-state index >= 15 is 0 Å². The number of aromatic nitrogens is 1. The van der Waals surface area contributed by atoms with Crippen LogP contribution in [0, 0.1) is 0 Å². The molecule has 4 aromatic carbocycles. The van der Waals surface area contributed by atoms with Crippen LogP contribution < -0.4 is 30.2 Å². The van der Waals surface area contributed by atoms with Gasteiger partial charge in [-0.2, -0.15) is 0 Å². The molecule has 0 aliphatic heterocycles. The van der Waals surface area contributed by atoms with E-state index in [-0.39, 0.29) is 52.6 Å². The van der Waals surface area contributed by atoms with Crippen LogP contribution in [0.4, 0.5) is 27.7 Å². The van der Waals surface area contributed by atoms with Gasteiger partial charge in [-0.25, -0.2) is 31.4 Å². The average molecular weight is 851 g/mol. The highest BCUT2D eigenvalue weighted by Crippen LogP contribution is 2.39. The number of carbonyl (C=O) groups is 2. The van der Waals surface area contributed by atoms with Gasteiger partial charge >= 0.3 is 12.0 Å². The van der Waals surface area contributed by atoms with Crippen molar-refractivity contribution in [1.29, 1.82) is 0 Å². The monoisotopic (exact) mass is 850 g/mol. The van der Waals surface area contributed by atoms with Crippen LogP contribution in [0.25, 0.3) is 10.8 Å². The summed E-state index contributed by atoms with van der Waals surface area (Å²) < 4.78 is 79.1. The number of nitrogens with one attached hydrogen (secondary N) is 3. The number of amides is 2. The fourth-order valence-corrected chi connectivity index (χ4v) is 7.83. The third-order valence-electron chi connectivity index (χ3n) is 8.71. The summed E-state index contributed by atoms with van der Waals surface area (Å²) in [7, 11) is -4.76. The molecule has 0 saturated heterocycles. The van der Waals surface area contributed by atoms with E-state index in [9.17, 15) is 26.4 Å². The Balaban J connectivity index is 1.32. The van der Waals surface area contributed by atoms with Gasteiger partial charge in [-0.1, -0.05) is 45.0 Å². The van der Waals surface area contributed by atoms with Crippen molar-refractivity contribution in [2.75, 3.05) is 68.6 Å². The number of carboxylic acid groups (broad SMARTS) is 1. The average Bonchev–Trinajstić information content (AvgIpc) is 3.17. The van der Waals surface area contributed by atoms with Crippen LogP contribution in [0.15, 0.2) is 94.9 Å². The zero-order valence-corrected chi connectivity index (χ0v) is 35.0. The molecule has 18 heteroatoms. The molecule has 0 radical (unpaired) electrons. The molecule has 0 spiro atoms. The zero-order chi connectivity index (χ0) is 43.0. The third-order valence-corrected chi connectivity index (χ3v) is 11.5. The van der Waals surface area contributed by atoms with Crippen LogP contribution in [-0.4, -0.2) is 91.6 Å². The molecule has 0 fully saturated rings. The molecule has 59 heavy (non-hydrogen) atoms. The number of benzene rings is 4. The Morgan fingerprint density at radius 3 is 2.17 bits per heavy atom. The highest BCUT2D eigenvalue weighted by atomic mass is 32.2. The van der Waals surface area contributed by atoms with Crippen molar-refractivity contribution in [1.82, 2.24) is 4.98 Å². The van der Waals surface area contributed by atoms with E-state index in [0.29, 0.717) is 45.0 Å². The van der Waals surface area contributed by atoms with Crippen molar-refractivity contribution in [3.05, 3.63) is 90.6 Å². The second-order valence-corrected chi connectivity index (χ2v) is 18.3.